The van der Waals surface area contributed by atoms with E-state index in [2.05, 4.69) is 25.4 Å². The number of aromatic nitrogens is 4. The van der Waals surface area contributed by atoms with Gasteiger partial charge >= 0.3 is 0 Å². The summed E-state index contributed by atoms with van der Waals surface area (Å²) in [6.07, 6.45) is 4.44. The molecule has 1 N–H and O–H groups in total. The monoisotopic (exact) mass is 302 g/mol. The number of carbonyl (C=O) groups excluding carboxylic acids is 1. The van der Waals surface area contributed by atoms with Crippen LogP contribution in [0.4, 0.5) is 5.82 Å². The number of amides is 1. The van der Waals surface area contributed by atoms with E-state index in [1.165, 1.54) is 0 Å². The van der Waals surface area contributed by atoms with Crippen molar-refractivity contribution in [3.63, 3.8) is 0 Å². The molecule has 1 amide bonds. The predicted octanol–water partition coefficient (Wildman–Crippen LogP) is 1.17. The van der Waals surface area contributed by atoms with E-state index in [9.17, 15) is 4.79 Å². The Hall–Kier alpha value is -2.18. The van der Waals surface area contributed by atoms with E-state index < -0.39 is 0 Å². The van der Waals surface area contributed by atoms with Gasteiger partial charge in [-0.1, -0.05) is 0 Å². The number of nitrogens with one attached hydrogen (secondary N) is 1. The average Bonchev–Trinajstić information content (AvgIpc) is 3.04. The first-order valence-electron chi connectivity index (χ1n) is 7.58. The topological polar surface area (TPSA) is 75.4 Å². The molecule has 1 aliphatic heterocycles. The molecule has 7 nitrogen and oxygen atoms in total. The number of fused-ring (bicyclic) bond motifs is 1. The Morgan fingerprint density at radius 2 is 2.14 bits per heavy atom. The lowest BCUT2D eigenvalue weighted by molar-refractivity contribution is -0.125. The van der Waals surface area contributed by atoms with E-state index in [0.717, 1.165) is 30.3 Å². The molecule has 0 aromatic carbocycles. The number of aryl methyl sites for hydroxylation is 1. The molecule has 0 radical (unpaired) electrons. The maximum atomic E-state index is 12.3. The fourth-order valence-electron chi connectivity index (χ4n) is 2.79. The van der Waals surface area contributed by atoms with Crippen molar-refractivity contribution in [3.8, 4) is 0 Å². The van der Waals surface area contributed by atoms with Crippen molar-refractivity contribution in [2.45, 2.75) is 39.7 Å². The SMILES string of the molecule is Cc1nnc2c(N3CCC(C(=O)NC(C)(C)C)C3)nccn12. The molecule has 3 rings (SSSR count). The zero-order valence-corrected chi connectivity index (χ0v) is 13.5. The summed E-state index contributed by atoms with van der Waals surface area (Å²) in [6.45, 7) is 9.38. The van der Waals surface area contributed by atoms with Crippen molar-refractivity contribution < 1.29 is 4.79 Å². The van der Waals surface area contributed by atoms with E-state index in [1.807, 2.05) is 38.3 Å². The molecule has 0 bridgehead atoms. The molecule has 1 atom stereocenters. The molecule has 1 saturated heterocycles. The number of carbonyl (C=O) groups is 1. The maximum absolute atomic E-state index is 12.3. The fraction of sp³-hybridized carbons (Fsp3) is 0.600. The zero-order valence-electron chi connectivity index (χ0n) is 13.5. The van der Waals surface area contributed by atoms with Crippen LogP contribution >= 0.6 is 0 Å². The van der Waals surface area contributed by atoms with Gasteiger partial charge in [0.15, 0.2) is 5.82 Å². The lowest BCUT2D eigenvalue weighted by Gasteiger charge is -2.23. The van der Waals surface area contributed by atoms with Crippen molar-refractivity contribution in [2.75, 3.05) is 18.0 Å². The fourth-order valence-corrected chi connectivity index (χ4v) is 2.79. The van der Waals surface area contributed by atoms with Crippen LogP contribution in [0.2, 0.25) is 0 Å². The highest BCUT2D eigenvalue weighted by Gasteiger charge is 2.32. The molecule has 118 valence electrons. The number of nitrogens with zero attached hydrogens (tertiary/aromatic N) is 5. The van der Waals surface area contributed by atoms with Gasteiger partial charge in [-0.05, 0) is 34.1 Å². The van der Waals surface area contributed by atoms with Crippen molar-refractivity contribution in [1.29, 1.82) is 0 Å². The molecular formula is C15H22N6O. The van der Waals surface area contributed by atoms with Crippen LogP contribution in [0.25, 0.3) is 5.65 Å². The van der Waals surface area contributed by atoms with Crippen LogP contribution in [0.3, 0.4) is 0 Å². The van der Waals surface area contributed by atoms with Gasteiger partial charge in [0, 0.05) is 31.0 Å². The molecule has 2 aromatic rings. The summed E-state index contributed by atoms with van der Waals surface area (Å²) in [7, 11) is 0. The van der Waals surface area contributed by atoms with E-state index in [1.54, 1.807) is 6.20 Å². The molecule has 1 aliphatic rings. The van der Waals surface area contributed by atoms with Crippen molar-refractivity contribution in [1.82, 2.24) is 24.9 Å². The highest BCUT2D eigenvalue weighted by Crippen LogP contribution is 2.25. The first kappa shape index (κ1) is 14.7. The summed E-state index contributed by atoms with van der Waals surface area (Å²) in [5, 5.41) is 11.4. The Morgan fingerprint density at radius 3 is 2.86 bits per heavy atom. The first-order valence-corrected chi connectivity index (χ1v) is 7.58. The summed E-state index contributed by atoms with van der Waals surface area (Å²) in [4.78, 5) is 18.9. The minimum Gasteiger partial charge on any atom is -0.353 e. The van der Waals surface area contributed by atoms with Crippen LogP contribution in [0, 0.1) is 12.8 Å². The van der Waals surface area contributed by atoms with Crippen LogP contribution in [-0.2, 0) is 4.79 Å². The molecule has 0 saturated carbocycles. The molecule has 22 heavy (non-hydrogen) atoms. The Morgan fingerprint density at radius 1 is 1.36 bits per heavy atom. The lowest BCUT2D eigenvalue weighted by atomic mass is 10.0. The number of rotatable bonds is 2. The summed E-state index contributed by atoms with van der Waals surface area (Å²) in [5.74, 6) is 1.74. The molecular weight excluding hydrogens is 280 g/mol. The van der Waals surface area contributed by atoms with Gasteiger partial charge in [-0.15, -0.1) is 10.2 Å². The largest absolute Gasteiger partial charge is 0.353 e. The van der Waals surface area contributed by atoms with E-state index in [-0.39, 0.29) is 17.4 Å². The quantitative estimate of drug-likeness (QED) is 0.901. The third-order valence-electron chi connectivity index (χ3n) is 3.84. The molecule has 0 spiro atoms. The molecule has 0 aliphatic carbocycles. The maximum Gasteiger partial charge on any atom is 0.225 e. The van der Waals surface area contributed by atoms with Crippen molar-refractivity contribution >= 4 is 17.4 Å². The minimum absolute atomic E-state index is 0.00898. The van der Waals surface area contributed by atoms with Gasteiger partial charge in [-0.25, -0.2) is 4.98 Å². The van der Waals surface area contributed by atoms with Crippen LogP contribution in [0.1, 0.15) is 33.0 Å². The van der Waals surface area contributed by atoms with Gasteiger partial charge < -0.3 is 10.2 Å². The van der Waals surface area contributed by atoms with Crippen molar-refractivity contribution in [3.05, 3.63) is 18.2 Å². The molecule has 1 unspecified atom stereocenters. The van der Waals surface area contributed by atoms with Gasteiger partial charge in [-0.2, -0.15) is 0 Å². The lowest BCUT2D eigenvalue weighted by Crippen LogP contribution is -2.44. The van der Waals surface area contributed by atoms with Crippen LogP contribution in [0.5, 0.6) is 0 Å². The average molecular weight is 302 g/mol. The van der Waals surface area contributed by atoms with Gasteiger partial charge in [0.1, 0.15) is 5.82 Å². The van der Waals surface area contributed by atoms with Gasteiger partial charge in [-0.3, -0.25) is 9.20 Å². The van der Waals surface area contributed by atoms with E-state index in [0.29, 0.717) is 6.54 Å². The van der Waals surface area contributed by atoms with E-state index >= 15 is 0 Å². The second-order valence-corrected chi connectivity index (χ2v) is 6.86. The minimum atomic E-state index is -0.202. The first-order chi connectivity index (χ1) is 10.3. The number of hydrogen-bond donors (Lipinski definition) is 1. The summed E-state index contributed by atoms with van der Waals surface area (Å²) in [6, 6.07) is 0. The van der Waals surface area contributed by atoms with Gasteiger partial charge in [0.25, 0.3) is 0 Å². The van der Waals surface area contributed by atoms with Gasteiger partial charge in [0.05, 0.1) is 5.92 Å². The smallest absolute Gasteiger partial charge is 0.225 e. The summed E-state index contributed by atoms with van der Waals surface area (Å²) in [5.41, 5.74) is 0.546. The Labute approximate surface area is 129 Å². The summed E-state index contributed by atoms with van der Waals surface area (Å²) < 4.78 is 1.92. The molecule has 1 fully saturated rings. The second-order valence-electron chi connectivity index (χ2n) is 6.86. The summed E-state index contributed by atoms with van der Waals surface area (Å²) >= 11 is 0. The van der Waals surface area contributed by atoms with Crippen LogP contribution in [0.15, 0.2) is 12.4 Å². The van der Waals surface area contributed by atoms with Crippen LogP contribution < -0.4 is 10.2 Å². The third kappa shape index (κ3) is 2.75. The predicted molar refractivity (Wildman–Crippen MR) is 83.7 cm³/mol. The standard InChI is InChI=1S/C15H22N6O/c1-10-18-19-13-12(16-6-8-21(10)13)20-7-5-11(9-20)14(22)17-15(2,3)4/h6,8,11H,5,7,9H2,1-4H3,(H,17,22). The number of anilines is 1. The highest BCUT2D eigenvalue weighted by atomic mass is 16.2. The molecule has 2 aromatic heterocycles. The van der Waals surface area contributed by atoms with Crippen LogP contribution in [-0.4, -0.2) is 44.1 Å². The van der Waals surface area contributed by atoms with Gasteiger partial charge in [0.2, 0.25) is 11.6 Å². The van der Waals surface area contributed by atoms with Crippen molar-refractivity contribution in [2.24, 2.45) is 5.92 Å². The Balaban J connectivity index is 1.78. The Kier molecular flexibility index (Phi) is 3.50. The second kappa shape index (κ2) is 5.23. The molecule has 3 heterocycles. The normalized spacial score (nSPS) is 18.9. The number of hydrogen-bond acceptors (Lipinski definition) is 5. The van der Waals surface area contributed by atoms with E-state index in [4.69, 9.17) is 0 Å². The zero-order chi connectivity index (χ0) is 15.9. The highest BCUT2D eigenvalue weighted by molar-refractivity contribution is 5.81. The Bertz CT molecular complexity index is 702. The third-order valence-corrected chi connectivity index (χ3v) is 3.84. The molecule has 7 heteroatoms.